The first-order chi connectivity index (χ1) is 8.91. The van der Waals surface area contributed by atoms with Crippen molar-refractivity contribution in [3.05, 3.63) is 29.6 Å². The molecule has 0 unspecified atom stereocenters. The van der Waals surface area contributed by atoms with Crippen LogP contribution < -0.4 is 11.1 Å². The molecule has 5 heteroatoms. The van der Waals surface area contributed by atoms with Gasteiger partial charge in [-0.3, -0.25) is 4.79 Å². The number of anilines is 1. The summed E-state index contributed by atoms with van der Waals surface area (Å²) in [5, 5.41) is 3.15. The van der Waals surface area contributed by atoms with Gasteiger partial charge < -0.3 is 16.0 Å². The van der Waals surface area contributed by atoms with Gasteiger partial charge in [0.15, 0.2) is 0 Å². The Balaban J connectivity index is 2.24. The third kappa shape index (κ3) is 3.04. The maximum Gasteiger partial charge on any atom is 0.243 e. The van der Waals surface area contributed by atoms with Gasteiger partial charge in [0.25, 0.3) is 0 Å². The van der Waals surface area contributed by atoms with Crippen molar-refractivity contribution in [3.8, 4) is 0 Å². The van der Waals surface area contributed by atoms with Crippen LogP contribution >= 0.6 is 0 Å². The largest absolute Gasteiger partial charge is 0.371 e. The zero-order valence-electron chi connectivity index (χ0n) is 11.4. The molecule has 0 saturated carbocycles. The fraction of sp³-hybridized carbons (Fsp3) is 0.500. The highest BCUT2D eigenvalue weighted by Crippen LogP contribution is 2.27. The van der Waals surface area contributed by atoms with Crippen LogP contribution in [-0.4, -0.2) is 36.5 Å². The summed E-state index contributed by atoms with van der Waals surface area (Å²) >= 11 is 0. The number of nitrogens with two attached hydrogens (primary N) is 1. The van der Waals surface area contributed by atoms with E-state index < -0.39 is 5.54 Å². The molecule has 0 aromatic heterocycles. The number of carbonyl (C=O) groups is 1. The van der Waals surface area contributed by atoms with Crippen molar-refractivity contribution in [1.82, 2.24) is 4.90 Å². The summed E-state index contributed by atoms with van der Waals surface area (Å²) in [5.41, 5.74) is 6.21. The number of nitrogens with zero attached hydrogens (tertiary/aromatic N) is 1. The van der Waals surface area contributed by atoms with E-state index in [-0.39, 0.29) is 11.7 Å². The summed E-state index contributed by atoms with van der Waals surface area (Å²) in [6.07, 6.45) is 1.27. The van der Waals surface area contributed by atoms with Crippen molar-refractivity contribution >= 4 is 11.6 Å². The minimum absolute atomic E-state index is 0.310. The van der Waals surface area contributed by atoms with E-state index in [2.05, 4.69) is 10.2 Å². The van der Waals surface area contributed by atoms with Crippen LogP contribution in [0.4, 0.5) is 10.1 Å². The number of rotatable bonds is 3. The normalized spacial score (nSPS) is 19.1. The Bertz CT molecular complexity index is 461. The molecular weight excluding hydrogens is 245 g/mol. The monoisotopic (exact) mass is 265 g/mol. The highest BCUT2D eigenvalue weighted by molar-refractivity contribution is 5.88. The first-order valence-corrected chi connectivity index (χ1v) is 6.45. The number of hydrogen-bond acceptors (Lipinski definition) is 3. The fourth-order valence-electron chi connectivity index (χ4n) is 2.52. The number of piperidine rings is 1. The fourth-order valence-corrected chi connectivity index (χ4v) is 2.52. The summed E-state index contributed by atoms with van der Waals surface area (Å²) in [4.78, 5) is 14.0. The number of hydrogen-bond donors (Lipinski definition) is 2. The van der Waals surface area contributed by atoms with Crippen LogP contribution in [0.1, 0.15) is 18.4 Å². The molecule has 4 nitrogen and oxygen atoms in total. The van der Waals surface area contributed by atoms with Gasteiger partial charge in [-0.25, -0.2) is 4.39 Å². The van der Waals surface area contributed by atoms with Gasteiger partial charge in [0, 0.05) is 18.8 Å². The first kappa shape index (κ1) is 13.8. The predicted octanol–water partition coefficient (Wildman–Crippen LogP) is 1.50. The minimum atomic E-state index is -0.771. The van der Waals surface area contributed by atoms with Crippen LogP contribution in [0.3, 0.4) is 0 Å². The lowest BCUT2D eigenvalue weighted by molar-refractivity contribution is -0.123. The van der Waals surface area contributed by atoms with Crippen LogP contribution in [0.15, 0.2) is 18.2 Å². The molecule has 0 atom stereocenters. The van der Waals surface area contributed by atoms with Gasteiger partial charge in [-0.1, -0.05) is 0 Å². The second kappa shape index (κ2) is 5.17. The second-order valence-electron chi connectivity index (χ2n) is 5.39. The number of benzene rings is 1. The number of aryl methyl sites for hydroxylation is 1. The average molecular weight is 265 g/mol. The van der Waals surface area contributed by atoms with E-state index in [9.17, 15) is 9.18 Å². The summed E-state index contributed by atoms with van der Waals surface area (Å²) in [6.45, 7) is 3.41. The van der Waals surface area contributed by atoms with Crippen LogP contribution in [-0.2, 0) is 4.79 Å². The van der Waals surface area contributed by atoms with Crippen LogP contribution in [0.5, 0.6) is 0 Å². The maximum atomic E-state index is 13.4. The number of likely N-dealkylation sites (tertiary alicyclic amines) is 1. The van der Waals surface area contributed by atoms with E-state index in [1.165, 1.54) is 12.1 Å². The molecule has 1 aromatic rings. The molecule has 0 spiro atoms. The van der Waals surface area contributed by atoms with Crippen molar-refractivity contribution in [2.45, 2.75) is 25.3 Å². The molecule has 1 fully saturated rings. The molecule has 0 bridgehead atoms. The Hall–Kier alpha value is -1.62. The van der Waals surface area contributed by atoms with E-state index in [4.69, 9.17) is 5.73 Å². The number of halogens is 1. The SMILES string of the molecule is Cc1cc(F)cc(NC2(C(N)=O)CCN(C)CC2)c1. The summed E-state index contributed by atoms with van der Waals surface area (Å²) in [7, 11) is 2.01. The van der Waals surface area contributed by atoms with Crippen molar-refractivity contribution in [2.24, 2.45) is 5.73 Å². The smallest absolute Gasteiger partial charge is 0.243 e. The zero-order chi connectivity index (χ0) is 14.0. The minimum Gasteiger partial charge on any atom is -0.371 e. The van der Waals surface area contributed by atoms with Gasteiger partial charge in [0.2, 0.25) is 5.91 Å². The molecule has 1 amide bonds. The van der Waals surface area contributed by atoms with Gasteiger partial charge in [-0.15, -0.1) is 0 Å². The molecule has 19 heavy (non-hydrogen) atoms. The average Bonchev–Trinajstić information content (AvgIpc) is 2.31. The molecular formula is C14H20FN3O. The number of amides is 1. The summed E-state index contributed by atoms with van der Waals surface area (Å²) in [6, 6.07) is 4.68. The van der Waals surface area contributed by atoms with Crippen molar-refractivity contribution in [1.29, 1.82) is 0 Å². The molecule has 1 aliphatic heterocycles. The first-order valence-electron chi connectivity index (χ1n) is 6.45. The molecule has 0 aliphatic carbocycles. The third-order valence-corrected chi connectivity index (χ3v) is 3.74. The van der Waals surface area contributed by atoms with Gasteiger partial charge in [-0.2, -0.15) is 0 Å². The molecule has 3 N–H and O–H groups in total. The highest BCUT2D eigenvalue weighted by Gasteiger charge is 2.39. The lowest BCUT2D eigenvalue weighted by Gasteiger charge is -2.39. The van der Waals surface area contributed by atoms with Crippen LogP contribution in [0.25, 0.3) is 0 Å². The number of carbonyl (C=O) groups excluding carboxylic acids is 1. The van der Waals surface area contributed by atoms with Crippen LogP contribution in [0.2, 0.25) is 0 Å². The number of nitrogens with one attached hydrogen (secondary N) is 1. The van der Waals surface area contributed by atoms with Gasteiger partial charge in [-0.05, 0) is 50.6 Å². The molecule has 1 aliphatic rings. The lowest BCUT2D eigenvalue weighted by Crippen LogP contribution is -2.56. The van der Waals surface area contributed by atoms with Crippen molar-refractivity contribution in [3.63, 3.8) is 0 Å². The zero-order valence-corrected chi connectivity index (χ0v) is 11.4. The lowest BCUT2D eigenvalue weighted by atomic mass is 9.86. The molecule has 104 valence electrons. The Morgan fingerprint density at radius 1 is 1.37 bits per heavy atom. The topological polar surface area (TPSA) is 58.4 Å². The highest BCUT2D eigenvalue weighted by atomic mass is 19.1. The van der Waals surface area contributed by atoms with Crippen molar-refractivity contribution in [2.75, 3.05) is 25.5 Å². The summed E-state index contributed by atoms with van der Waals surface area (Å²) in [5.74, 6) is -0.683. The number of primary amides is 1. The predicted molar refractivity (Wildman–Crippen MR) is 73.4 cm³/mol. The molecule has 0 radical (unpaired) electrons. The quantitative estimate of drug-likeness (QED) is 0.870. The van der Waals surface area contributed by atoms with E-state index in [1.54, 1.807) is 0 Å². The standard InChI is InChI=1S/C14H20FN3O/c1-10-7-11(15)9-12(8-10)17-14(13(16)19)3-5-18(2)6-4-14/h7-9,17H,3-6H2,1-2H3,(H2,16,19). The molecule has 1 saturated heterocycles. The Morgan fingerprint density at radius 2 is 2.00 bits per heavy atom. The van der Waals surface area contributed by atoms with E-state index in [0.717, 1.165) is 18.7 Å². The molecule has 2 rings (SSSR count). The molecule has 1 aromatic carbocycles. The van der Waals surface area contributed by atoms with Gasteiger partial charge in [0.05, 0.1) is 0 Å². The summed E-state index contributed by atoms with van der Waals surface area (Å²) < 4.78 is 13.4. The Morgan fingerprint density at radius 3 is 2.53 bits per heavy atom. The van der Waals surface area contributed by atoms with E-state index in [1.807, 2.05) is 20.0 Å². The third-order valence-electron chi connectivity index (χ3n) is 3.74. The van der Waals surface area contributed by atoms with Crippen LogP contribution in [0, 0.1) is 12.7 Å². The Labute approximate surface area is 112 Å². The van der Waals surface area contributed by atoms with E-state index >= 15 is 0 Å². The van der Waals surface area contributed by atoms with Crippen molar-refractivity contribution < 1.29 is 9.18 Å². The van der Waals surface area contributed by atoms with Gasteiger partial charge >= 0.3 is 0 Å². The maximum absolute atomic E-state index is 13.4. The second-order valence-corrected chi connectivity index (χ2v) is 5.39. The Kier molecular flexibility index (Phi) is 3.75. The van der Waals surface area contributed by atoms with E-state index in [0.29, 0.717) is 18.5 Å². The molecule has 1 heterocycles. The van der Waals surface area contributed by atoms with Gasteiger partial charge in [0.1, 0.15) is 11.4 Å².